The average Bonchev–Trinajstić information content (AvgIpc) is 2.59. The molecule has 6 heteroatoms. The molecule has 0 aromatic heterocycles. The van der Waals surface area contributed by atoms with Gasteiger partial charge in [-0.2, -0.15) is 0 Å². The standard InChI is InChI=1S/C18H26N2O4/c1-5-9-19-17(21)15(3)13-23-11-7-8-12-24-14-16(4)18(22)20-10-6-2/h5-8H,1-4,9-14H2,(H,19,21)(H,20,22)/b8-7+. The molecule has 0 spiro atoms. The van der Waals surface area contributed by atoms with Crippen LogP contribution in [0.1, 0.15) is 0 Å². The quantitative estimate of drug-likeness (QED) is 0.285. The van der Waals surface area contributed by atoms with Gasteiger partial charge in [0.15, 0.2) is 0 Å². The van der Waals surface area contributed by atoms with Gasteiger partial charge >= 0.3 is 0 Å². The Bertz CT molecular complexity index is 451. The normalized spacial score (nSPS) is 10.2. The van der Waals surface area contributed by atoms with E-state index in [1.54, 1.807) is 24.3 Å². The molecule has 24 heavy (non-hydrogen) atoms. The van der Waals surface area contributed by atoms with Gasteiger partial charge in [0.25, 0.3) is 0 Å². The van der Waals surface area contributed by atoms with Gasteiger partial charge < -0.3 is 20.1 Å². The van der Waals surface area contributed by atoms with Crippen molar-refractivity contribution in [2.45, 2.75) is 0 Å². The van der Waals surface area contributed by atoms with E-state index in [0.717, 1.165) is 0 Å². The molecule has 2 N–H and O–H groups in total. The zero-order valence-corrected chi connectivity index (χ0v) is 14.0. The summed E-state index contributed by atoms with van der Waals surface area (Å²) in [6.07, 6.45) is 6.70. The fourth-order valence-electron chi connectivity index (χ4n) is 1.35. The minimum atomic E-state index is -0.254. The van der Waals surface area contributed by atoms with Crippen molar-refractivity contribution in [3.8, 4) is 0 Å². The molecule has 132 valence electrons. The molecule has 0 rings (SSSR count). The maximum absolute atomic E-state index is 11.5. The van der Waals surface area contributed by atoms with Crippen LogP contribution >= 0.6 is 0 Å². The second-order valence-corrected chi connectivity index (χ2v) is 4.71. The van der Waals surface area contributed by atoms with Crippen molar-refractivity contribution < 1.29 is 19.1 Å². The van der Waals surface area contributed by atoms with Crippen molar-refractivity contribution >= 4 is 11.8 Å². The fraction of sp³-hybridized carbons (Fsp3) is 0.333. The molecule has 0 aromatic rings. The first-order valence-corrected chi connectivity index (χ1v) is 7.47. The van der Waals surface area contributed by atoms with Crippen molar-refractivity contribution in [3.05, 3.63) is 61.8 Å². The largest absolute Gasteiger partial charge is 0.373 e. The summed E-state index contributed by atoms with van der Waals surface area (Å²) in [5.74, 6) is -0.508. The molecule has 0 unspecified atom stereocenters. The minimum absolute atomic E-state index is 0.147. The van der Waals surface area contributed by atoms with Gasteiger partial charge in [-0.15, -0.1) is 13.2 Å². The first-order chi connectivity index (χ1) is 11.5. The highest BCUT2D eigenvalue weighted by molar-refractivity contribution is 5.93. The first-order valence-electron chi connectivity index (χ1n) is 7.47. The van der Waals surface area contributed by atoms with E-state index >= 15 is 0 Å². The predicted octanol–water partition coefficient (Wildman–Crippen LogP) is 1.29. The minimum Gasteiger partial charge on any atom is -0.373 e. The highest BCUT2D eigenvalue weighted by Gasteiger charge is 2.05. The molecule has 0 saturated carbocycles. The Morgan fingerprint density at radius 2 is 1.17 bits per heavy atom. The lowest BCUT2D eigenvalue weighted by Gasteiger charge is -2.06. The lowest BCUT2D eigenvalue weighted by Crippen LogP contribution is -2.26. The third-order valence-corrected chi connectivity index (χ3v) is 2.60. The van der Waals surface area contributed by atoms with Crippen LogP contribution in [0.3, 0.4) is 0 Å². The van der Waals surface area contributed by atoms with Gasteiger partial charge in [-0.1, -0.05) is 37.5 Å². The molecule has 0 aliphatic heterocycles. The molecule has 0 atom stereocenters. The molecule has 2 amide bonds. The summed E-state index contributed by atoms with van der Waals surface area (Å²) < 4.78 is 10.6. The molecule has 0 aliphatic rings. The topological polar surface area (TPSA) is 76.7 Å². The summed E-state index contributed by atoms with van der Waals surface area (Å²) in [7, 11) is 0. The summed E-state index contributed by atoms with van der Waals surface area (Å²) in [5, 5.41) is 5.22. The van der Waals surface area contributed by atoms with E-state index in [9.17, 15) is 9.59 Å². The smallest absolute Gasteiger partial charge is 0.249 e. The second-order valence-electron chi connectivity index (χ2n) is 4.71. The number of carbonyl (C=O) groups excluding carboxylic acids is 2. The molecular formula is C18H26N2O4. The van der Waals surface area contributed by atoms with Crippen LogP contribution in [-0.4, -0.2) is 51.3 Å². The first kappa shape index (κ1) is 21.6. The number of ether oxygens (including phenoxy) is 2. The van der Waals surface area contributed by atoms with Crippen molar-refractivity contribution in [2.24, 2.45) is 0 Å². The van der Waals surface area contributed by atoms with Gasteiger partial charge in [-0.05, 0) is 0 Å². The second kappa shape index (κ2) is 14.2. The summed E-state index contributed by atoms with van der Waals surface area (Å²) in [6, 6.07) is 0. The van der Waals surface area contributed by atoms with Crippen LogP contribution in [0.4, 0.5) is 0 Å². The molecule has 0 aliphatic carbocycles. The van der Waals surface area contributed by atoms with Crippen LogP contribution in [0.2, 0.25) is 0 Å². The third-order valence-electron chi connectivity index (χ3n) is 2.60. The molecule has 0 saturated heterocycles. The summed E-state index contributed by atoms with van der Waals surface area (Å²) in [5.41, 5.74) is 0.701. The Kier molecular flexibility index (Phi) is 12.7. The van der Waals surface area contributed by atoms with Gasteiger partial charge in [0.2, 0.25) is 11.8 Å². The molecule has 0 bridgehead atoms. The van der Waals surface area contributed by atoms with Crippen LogP contribution in [-0.2, 0) is 19.1 Å². The number of amides is 2. The Balaban J connectivity index is 3.69. The van der Waals surface area contributed by atoms with E-state index in [1.807, 2.05) is 0 Å². The molecule has 0 fully saturated rings. The van der Waals surface area contributed by atoms with Gasteiger partial charge in [0.05, 0.1) is 26.4 Å². The highest BCUT2D eigenvalue weighted by atomic mass is 16.5. The van der Waals surface area contributed by atoms with E-state index in [0.29, 0.717) is 37.4 Å². The van der Waals surface area contributed by atoms with Crippen LogP contribution in [0, 0.1) is 0 Å². The van der Waals surface area contributed by atoms with Gasteiger partial charge in [-0.3, -0.25) is 9.59 Å². The Morgan fingerprint density at radius 1 is 0.792 bits per heavy atom. The van der Waals surface area contributed by atoms with Gasteiger partial charge in [0, 0.05) is 24.2 Å². The molecule has 0 radical (unpaired) electrons. The maximum Gasteiger partial charge on any atom is 0.249 e. The van der Waals surface area contributed by atoms with Crippen molar-refractivity contribution in [1.29, 1.82) is 0 Å². The number of hydrogen-bond acceptors (Lipinski definition) is 4. The van der Waals surface area contributed by atoms with Crippen LogP contribution in [0.5, 0.6) is 0 Å². The average molecular weight is 334 g/mol. The van der Waals surface area contributed by atoms with E-state index in [-0.39, 0.29) is 25.0 Å². The van der Waals surface area contributed by atoms with Crippen molar-refractivity contribution in [1.82, 2.24) is 10.6 Å². The third kappa shape index (κ3) is 11.2. The van der Waals surface area contributed by atoms with Crippen LogP contribution < -0.4 is 10.6 Å². The van der Waals surface area contributed by atoms with Crippen molar-refractivity contribution in [3.63, 3.8) is 0 Å². The molecule has 0 heterocycles. The molecule has 0 aromatic carbocycles. The van der Waals surface area contributed by atoms with Crippen LogP contribution in [0.15, 0.2) is 61.8 Å². The monoisotopic (exact) mass is 334 g/mol. The molecular weight excluding hydrogens is 308 g/mol. The summed E-state index contributed by atoms with van der Waals surface area (Å²) in [6.45, 7) is 16.0. The lowest BCUT2D eigenvalue weighted by atomic mass is 10.3. The highest BCUT2D eigenvalue weighted by Crippen LogP contribution is 1.94. The number of rotatable bonds is 14. The fourth-order valence-corrected chi connectivity index (χ4v) is 1.35. The number of hydrogen-bond donors (Lipinski definition) is 2. The lowest BCUT2D eigenvalue weighted by molar-refractivity contribution is -0.118. The zero-order chi connectivity index (χ0) is 18.2. The van der Waals surface area contributed by atoms with E-state index in [4.69, 9.17) is 9.47 Å². The number of nitrogens with one attached hydrogen (secondary N) is 2. The molecule has 6 nitrogen and oxygen atoms in total. The Labute approximate surface area is 143 Å². The predicted molar refractivity (Wildman–Crippen MR) is 95.5 cm³/mol. The van der Waals surface area contributed by atoms with Crippen LogP contribution in [0.25, 0.3) is 0 Å². The summed E-state index contributed by atoms with van der Waals surface area (Å²) >= 11 is 0. The van der Waals surface area contributed by atoms with Gasteiger partial charge in [-0.25, -0.2) is 0 Å². The van der Waals surface area contributed by atoms with E-state index in [1.165, 1.54) is 0 Å². The van der Waals surface area contributed by atoms with E-state index in [2.05, 4.69) is 36.9 Å². The zero-order valence-electron chi connectivity index (χ0n) is 14.0. The maximum atomic E-state index is 11.5. The van der Waals surface area contributed by atoms with Crippen molar-refractivity contribution in [2.75, 3.05) is 39.5 Å². The number of carbonyl (C=O) groups is 2. The Hall–Kier alpha value is -2.44. The Morgan fingerprint density at radius 3 is 1.50 bits per heavy atom. The SMILES string of the molecule is C=CCNC(=O)C(=C)COC/C=C/COCC(=C)C(=O)NCC=C. The van der Waals surface area contributed by atoms with E-state index < -0.39 is 0 Å². The van der Waals surface area contributed by atoms with Gasteiger partial charge in [0.1, 0.15) is 0 Å². The summed E-state index contributed by atoms with van der Waals surface area (Å²) in [4.78, 5) is 22.9.